The summed E-state index contributed by atoms with van der Waals surface area (Å²) in [5, 5.41) is 0. The fourth-order valence-corrected chi connectivity index (χ4v) is 2.52. The average Bonchev–Trinajstić information content (AvgIpc) is 2.70. The van der Waals surface area contributed by atoms with Crippen molar-refractivity contribution in [3.8, 4) is 0 Å². The van der Waals surface area contributed by atoms with Crippen molar-refractivity contribution in [1.82, 2.24) is 0 Å². The molecule has 0 aliphatic rings. The van der Waals surface area contributed by atoms with Crippen LogP contribution < -0.4 is 11.5 Å². The van der Waals surface area contributed by atoms with Gasteiger partial charge in [-0.25, -0.2) is 0 Å². The summed E-state index contributed by atoms with van der Waals surface area (Å²) in [6, 6.07) is 11.5. The molecule has 164 valence electrons. The zero-order valence-electron chi connectivity index (χ0n) is 19.0. The van der Waals surface area contributed by atoms with Crippen LogP contribution >= 0.6 is 0 Å². The highest BCUT2D eigenvalue weighted by atomic mass is 16.1. The standard InChI is InChI=1S/2C10H13NO.2C2H6.CH4/c2*1-7-5-9(6-11)3-4-10(7)8(2)12;2*1-2;/h2*3-5H,6,11H2,1-2H3;2*1-2H3;1H4/p+1. The number of aryl methyl sites for hydroxylation is 2. The number of Topliss-reactive ketones (excluding diaryl/α,β-unsaturated/α-hetero) is 2. The highest BCUT2D eigenvalue weighted by Gasteiger charge is 2.04. The topological polar surface area (TPSA) is 87.8 Å². The van der Waals surface area contributed by atoms with Crippen LogP contribution in [0.1, 0.15) is 91.9 Å². The molecule has 2 rings (SSSR count). The third kappa shape index (κ3) is 11.3. The van der Waals surface area contributed by atoms with Gasteiger partial charge in [0.25, 0.3) is 0 Å². The van der Waals surface area contributed by atoms with E-state index in [9.17, 15) is 9.59 Å². The van der Waals surface area contributed by atoms with Crippen LogP contribution in [-0.2, 0) is 13.1 Å². The molecule has 0 bridgehead atoms. The predicted octanol–water partition coefficient (Wildman–Crippen LogP) is 5.28. The third-order valence-electron chi connectivity index (χ3n) is 3.86. The number of hydrogen-bond acceptors (Lipinski definition) is 3. The molecule has 0 spiro atoms. The Morgan fingerprint density at radius 1 is 0.793 bits per heavy atom. The molecule has 0 atom stereocenters. The number of ketones is 2. The first-order valence-corrected chi connectivity index (χ1v) is 10.00. The van der Waals surface area contributed by atoms with Crippen LogP contribution in [0.5, 0.6) is 0 Å². The first-order valence-electron chi connectivity index (χ1n) is 10.00. The van der Waals surface area contributed by atoms with Crippen LogP contribution in [0.25, 0.3) is 0 Å². The summed E-state index contributed by atoms with van der Waals surface area (Å²) in [6.07, 6.45) is 0. The van der Waals surface area contributed by atoms with Crippen LogP contribution in [0.4, 0.5) is 0 Å². The maximum atomic E-state index is 11.1. The predicted molar refractivity (Wildman–Crippen MR) is 126 cm³/mol. The maximum Gasteiger partial charge on any atom is 0.160 e. The van der Waals surface area contributed by atoms with Crippen molar-refractivity contribution in [3.63, 3.8) is 0 Å². The number of hydrogen-bond donors (Lipinski definition) is 2. The molecule has 0 unspecified atom stereocenters. The number of carbonyl (C=O) groups is 2. The Morgan fingerprint density at radius 3 is 1.41 bits per heavy atom. The summed E-state index contributed by atoms with van der Waals surface area (Å²) in [7, 11) is 0. The Labute approximate surface area is 178 Å². The minimum absolute atomic E-state index is 0. The lowest BCUT2D eigenvalue weighted by Crippen LogP contribution is -2.47. The van der Waals surface area contributed by atoms with Gasteiger partial charge in [-0.15, -0.1) is 0 Å². The van der Waals surface area contributed by atoms with Crippen molar-refractivity contribution in [2.24, 2.45) is 5.73 Å². The molecule has 4 heteroatoms. The summed E-state index contributed by atoms with van der Waals surface area (Å²) >= 11 is 0. The lowest BCUT2D eigenvalue weighted by Gasteiger charge is -2.03. The fraction of sp³-hybridized carbons (Fsp3) is 0.440. The van der Waals surface area contributed by atoms with Gasteiger partial charge >= 0.3 is 0 Å². The molecule has 0 radical (unpaired) electrons. The van der Waals surface area contributed by atoms with E-state index in [2.05, 4.69) is 5.73 Å². The van der Waals surface area contributed by atoms with Gasteiger partial charge in [-0.1, -0.05) is 65.5 Å². The largest absolute Gasteiger partial charge is 0.354 e. The number of quaternary nitrogens is 1. The Bertz CT molecular complexity index is 674. The van der Waals surface area contributed by atoms with Gasteiger partial charge in [0.15, 0.2) is 11.6 Å². The molecule has 2 aromatic carbocycles. The molecular formula is C25H43N2O2+. The van der Waals surface area contributed by atoms with Gasteiger partial charge in [0.1, 0.15) is 0 Å². The molecule has 0 saturated heterocycles. The lowest BCUT2D eigenvalue weighted by molar-refractivity contribution is -0.386. The fourth-order valence-electron chi connectivity index (χ4n) is 2.52. The van der Waals surface area contributed by atoms with E-state index in [4.69, 9.17) is 5.73 Å². The van der Waals surface area contributed by atoms with E-state index in [0.29, 0.717) is 6.54 Å². The zero-order chi connectivity index (χ0) is 22.3. The summed E-state index contributed by atoms with van der Waals surface area (Å²) < 4.78 is 0. The minimum atomic E-state index is 0. The zero-order valence-corrected chi connectivity index (χ0v) is 19.0. The Hall–Kier alpha value is -2.30. The van der Waals surface area contributed by atoms with Crippen molar-refractivity contribution < 1.29 is 15.3 Å². The van der Waals surface area contributed by atoms with Gasteiger partial charge in [-0.3, -0.25) is 9.59 Å². The first kappa shape index (κ1) is 31.4. The first-order chi connectivity index (χ1) is 13.3. The molecule has 2 aromatic rings. The molecule has 0 aliphatic carbocycles. The van der Waals surface area contributed by atoms with Crippen LogP contribution in [0.15, 0.2) is 36.4 Å². The Morgan fingerprint density at radius 2 is 1.14 bits per heavy atom. The van der Waals surface area contributed by atoms with Crippen molar-refractivity contribution in [2.45, 2.75) is 75.9 Å². The second-order valence-corrected chi connectivity index (χ2v) is 5.87. The van der Waals surface area contributed by atoms with E-state index in [1.54, 1.807) is 13.8 Å². The van der Waals surface area contributed by atoms with Crippen molar-refractivity contribution in [1.29, 1.82) is 0 Å². The van der Waals surface area contributed by atoms with E-state index in [-0.39, 0.29) is 19.0 Å². The normalized spacial score (nSPS) is 8.62. The van der Waals surface area contributed by atoms with Crippen LogP contribution in [0.2, 0.25) is 0 Å². The average molecular weight is 404 g/mol. The highest BCUT2D eigenvalue weighted by Crippen LogP contribution is 2.11. The van der Waals surface area contributed by atoms with Gasteiger partial charge in [-0.05, 0) is 50.5 Å². The molecular weight excluding hydrogens is 360 g/mol. The molecule has 0 heterocycles. The SMILES string of the molecule is C.CC.CC.CC(=O)c1ccc(CN)cc1C.CC(=O)c1ccc(C[NH3+])cc1C. The highest BCUT2D eigenvalue weighted by molar-refractivity contribution is 5.96. The Kier molecular flexibility index (Phi) is 19.2. The number of benzene rings is 2. The molecule has 0 saturated carbocycles. The van der Waals surface area contributed by atoms with Gasteiger partial charge in [0.05, 0.1) is 6.54 Å². The second kappa shape index (κ2) is 17.8. The van der Waals surface area contributed by atoms with E-state index >= 15 is 0 Å². The molecule has 5 N–H and O–H groups in total. The molecule has 4 nitrogen and oxygen atoms in total. The van der Waals surface area contributed by atoms with Crippen molar-refractivity contribution in [2.75, 3.05) is 0 Å². The smallest absolute Gasteiger partial charge is 0.160 e. The van der Waals surface area contributed by atoms with E-state index in [1.165, 1.54) is 5.56 Å². The van der Waals surface area contributed by atoms with E-state index in [0.717, 1.165) is 34.4 Å². The number of carbonyl (C=O) groups excluding carboxylic acids is 2. The lowest BCUT2D eigenvalue weighted by atomic mass is 10.0. The van der Waals surface area contributed by atoms with Crippen molar-refractivity contribution in [3.05, 3.63) is 69.8 Å². The van der Waals surface area contributed by atoms with Crippen molar-refractivity contribution >= 4 is 11.6 Å². The van der Waals surface area contributed by atoms with Gasteiger partial charge in [0, 0.05) is 23.2 Å². The van der Waals surface area contributed by atoms with Gasteiger partial charge in [0.2, 0.25) is 0 Å². The quantitative estimate of drug-likeness (QED) is 0.680. The summed E-state index contributed by atoms with van der Waals surface area (Å²) in [6.45, 7) is 16.3. The maximum absolute atomic E-state index is 11.1. The molecule has 0 aromatic heterocycles. The summed E-state index contributed by atoms with van der Waals surface area (Å²) in [4.78, 5) is 22.1. The summed E-state index contributed by atoms with van der Waals surface area (Å²) in [5.74, 6) is 0.235. The number of nitrogens with two attached hydrogens (primary N) is 1. The van der Waals surface area contributed by atoms with E-state index in [1.807, 2.05) is 77.9 Å². The minimum Gasteiger partial charge on any atom is -0.354 e. The molecule has 29 heavy (non-hydrogen) atoms. The van der Waals surface area contributed by atoms with Crippen LogP contribution in [0.3, 0.4) is 0 Å². The van der Waals surface area contributed by atoms with Crippen LogP contribution in [0, 0.1) is 13.8 Å². The molecule has 0 aliphatic heterocycles. The monoisotopic (exact) mass is 403 g/mol. The number of rotatable bonds is 4. The van der Waals surface area contributed by atoms with Crippen LogP contribution in [-0.4, -0.2) is 11.6 Å². The Balaban J connectivity index is -0.000000386. The van der Waals surface area contributed by atoms with E-state index < -0.39 is 0 Å². The van der Waals surface area contributed by atoms with Gasteiger partial charge in [-0.2, -0.15) is 0 Å². The second-order valence-electron chi connectivity index (χ2n) is 5.87. The summed E-state index contributed by atoms with van der Waals surface area (Å²) in [5.41, 5.74) is 15.1. The van der Waals surface area contributed by atoms with Gasteiger partial charge < -0.3 is 11.5 Å². The molecule has 0 fully saturated rings. The third-order valence-corrected chi connectivity index (χ3v) is 3.86. The molecule has 0 amide bonds.